The number of nitrogens with one attached hydrogen (secondary N) is 1. The Morgan fingerprint density at radius 3 is 2.42 bits per heavy atom. The van der Waals surface area contributed by atoms with Crippen molar-refractivity contribution >= 4 is 23.0 Å². The van der Waals surface area contributed by atoms with Crippen LogP contribution in [0.5, 0.6) is 0 Å². The summed E-state index contributed by atoms with van der Waals surface area (Å²) in [4.78, 5) is 47.3. The quantitative estimate of drug-likeness (QED) is 0.824. The maximum Gasteiger partial charge on any atom is 0.329 e. The number of aromatic amines is 1. The van der Waals surface area contributed by atoms with E-state index < -0.39 is 11.2 Å². The first-order chi connectivity index (χ1) is 12.5. The van der Waals surface area contributed by atoms with Crippen molar-refractivity contribution in [2.45, 2.75) is 39.7 Å². The number of carbonyl (C=O) groups excluding carboxylic acids is 1. The molecule has 1 aliphatic heterocycles. The molecule has 0 aromatic carbocycles. The number of piperazine rings is 1. The van der Waals surface area contributed by atoms with Crippen LogP contribution >= 0.6 is 0 Å². The monoisotopic (exact) mass is 362 g/mol. The van der Waals surface area contributed by atoms with Gasteiger partial charge in [-0.25, -0.2) is 4.79 Å². The largest absolute Gasteiger partial charge is 0.339 e. The third kappa shape index (κ3) is 3.13. The van der Waals surface area contributed by atoms with Crippen LogP contribution in [0.15, 0.2) is 9.59 Å². The number of fused-ring (bicyclic) bond motifs is 1. The molecule has 0 radical (unpaired) electrons. The molecule has 1 N–H and O–H groups in total. The van der Waals surface area contributed by atoms with E-state index in [0.29, 0.717) is 56.3 Å². The average Bonchev–Trinajstić information content (AvgIpc) is 3.00. The Morgan fingerprint density at radius 2 is 1.81 bits per heavy atom. The van der Waals surface area contributed by atoms with Crippen LogP contribution in [0.2, 0.25) is 0 Å². The molecule has 1 saturated heterocycles. The van der Waals surface area contributed by atoms with Crippen molar-refractivity contribution in [2.75, 3.05) is 31.1 Å². The Balaban J connectivity index is 1.96. The van der Waals surface area contributed by atoms with E-state index in [9.17, 15) is 14.4 Å². The molecule has 3 rings (SSSR count). The van der Waals surface area contributed by atoms with Crippen molar-refractivity contribution in [3.8, 4) is 0 Å². The molecule has 0 atom stereocenters. The second-order valence-electron chi connectivity index (χ2n) is 6.67. The number of aromatic nitrogens is 4. The van der Waals surface area contributed by atoms with Gasteiger partial charge in [0.1, 0.15) is 0 Å². The molecule has 2 aromatic rings. The van der Waals surface area contributed by atoms with Gasteiger partial charge in [0.05, 0.1) is 0 Å². The van der Waals surface area contributed by atoms with E-state index in [1.165, 1.54) is 4.57 Å². The molecule has 9 heteroatoms. The predicted molar refractivity (Wildman–Crippen MR) is 99.6 cm³/mol. The van der Waals surface area contributed by atoms with Crippen molar-refractivity contribution in [3.05, 3.63) is 20.8 Å². The number of aryl methyl sites for hydroxylation is 2. The van der Waals surface area contributed by atoms with Gasteiger partial charge in [-0.2, -0.15) is 4.98 Å². The minimum atomic E-state index is -0.467. The molecule has 9 nitrogen and oxygen atoms in total. The number of amides is 1. The lowest BCUT2D eigenvalue weighted by Crippen LogP contribution is -2.49. The summed E-state index contributed by atoms with van der Waals surface area (Å²) in [6.45, 7) is 7.29. The molecule has 0 saturated carbocycles. The third-order valence-electron chi connectivity index (χ3n) is 4.81. The normalized spacial score (nSPS) is 15.0. The van der Waals surface area contributed by atoms with E-state index in [4.69, 9.17) is 0 Å². The number of carbonyl (C=O) groups is 1. The number of hydrogen-bond acceptors (Lipinski definition) is 5. The van der Waals surface area contributed by atoms with Crippen LogP contribution in [-0.2, 0) is 18.4 Å². The molecule has 1 fully saturated rings. The smallest absolute Gasteiger partial charge is 0.329 e. The molecule has 0 aliphatic carbocycles. The van der Waals surface area contributed by atoms with Crippen LogP contribution in [0.1, 0.15) is 33.1 Å². The zero-order valence-electron chi connectivity index (χ0n) is 15.6. The van der Waals surface area contributed by atoms with Crippen LogP contribution in [0.3, 0.4) is 0 Å². The Hall–Kier alpha value is -2.58. The summed E-state index contributed by atoms with van der Waals surface area (Å²) in [7, 11) is 1.61. The number of anilines is 1. The lowest BCUT2D eigenvalue weighted by atomic mass is 10.2. The van der Waals surface area contributed by atoms with Crippen LogP contribution < -0.4 is 16.1 Å². The first-order valence-corrected chi connectivity index (χ1v) is 9.20. The fraction of sp³-hybridized carbons (Fsp3) is 0.647. The molecular weight excluding hydrogens is 336 g/mol. The van der Waals surface area contributed by atoms with Gasteiger partial charge in [-0.15, -0.1) is 0 Å². The molecule has 1 aliphatic rings. The Labute approximate surface area is 151 Å². The van der Waals surface area contributed by atoms with Crippen LogP contribution in [0.25, 0.3) is 11.2 Å². The summed E-state index contributed by atoms with van der Waals surface area (Å²) >= 11 is 0. The first kappa shape index (κ1) is 18.2. The summed E-state index contributed by atoms with van der Waals surface area (Å²) in [5.74, 6) is 0.879. The topological polar surface area (TPSA) is 96.2 Å². The minimum absolute atomic E-state index is 0.188. The minimum Gasteiger partial charge on any atom is -0.339 e. The highest BCUT2D eigenvalue weighted by atomic mass is 16.2. The van der Waals surface area contributed by atoms with Crippen LogP contribution in [0.4, 0.5) is 5.95 Å². The van der Waals surface area contributed by atoms with E-state index in [0.717, 1.165) is 12.8 Å². The van der Waals surface area contributed by atoms with Gasteiger partial charge in [-0.3, -0.25) is 19.1 Å². The van der Waals surface area contributed by atoms with Gasteiger partial charge in [-0.1, -0.05) is 13.8 Å². The number of rotatable bonds is 5. The molecule has 2 aromatic heterocycles. The van der Waals surface area contributed by atoms with Gasteiger partial charge in [0.15, 0.2) is 11.2 Å². The van der Waals surface area contributed by atoms with Crippen molar-refractivity contribution in [1.29, 1.82) is 0 Å². The zero-order chi connectivity index (χ0) is 18.8. The van der Waals surface area contributed by atoms with Gasteiger partial charge in [0.25, 0.3) is 5.56 Å². The molecule has 0 bridgehead atoms. The fourth-order valence-electron chi connectivity index (χ4n) is 3.43. The van der Waals surface area contributed by atoms with Gasteiger partial charge in [-0.05, 0) is 12.8 Å². The maximum atomic E-state index is 12.4. The van der Waals surface area contributed by atoms with E-state index in [1.807, 2.05) is 23.3 Å². The molecule has 142 valence electrons. The Morgan fingerprint density at radius 1 is 1.12 bits per heavy atom. The lowest BCUT2D eigenvalue weighted by Gasteiger charge is -2.35. The summed E-state index contributed by atoms with van der Waals surface area (Å²) < 4.78 is 3.25. The zero-order valence-corrected chi connectivity index (χ0v) is 15.6. The van der Waals surface area contributed by atoms with Gasteiger partial charge in [0.2, 0.25) is 11.9 Å². The molecule has 0 spiro atoms. The summed E-state index contributed by atoms with van der Waals surface area (Å²) in [5.41, 5.74) is -0.0580. The molecule has 0 unspecified atom stereocenters. The average molecular weight is 362 g/mol. The van der Waals surface area contributed by atoms with Crippen LogP contribution in [0, 0.1) is 0 Å². The van der Waals surface area contributed by atoms with E-state index in [-0.39, 0.29) is 5.91 Å². The second-order valence-corrected chi connectivity index (χ2v) is 6.67. The highest BCUT2D eigenvalue weighted by molar-refractivity contribution is 5.77. The Bertz CT molecular complexity index is 917. The highest BCUT2D eigenvalue weighted by Crippen LogP contribution is 2.21. The SMILES string of the molecule is CCCC(=O)N1CCN(c2nc3c(c(=O)[nH]c(=O)n3C)n2CCC)CC1. The van der Waals surface area contributed by atoms with Crippen molar-refractivity contribution in [1.82, 2.24) is 24.0 Å². The predicted octanol–water partition coefficient (Wildman–Crippen LogP) is 0.282. The van der Waals surface area contributed by atoms with Gasteiger partial charge >= 0.3 is 5.69 Å². The first-order valence-electron chi connectivity index (χ1n) is 9.20. The summed E-state index contributed by atoms with van der Waals surface area (Å²) in [6.07, 6.45) is 2.27. The molecule has 3 heterocycles. The highest BCUT2D eigenvalue weighted by Gasteiger charge is 2.26. The van der Waals surface area contributed by atoms with Gasteiger partial charge in [0, 0.05) is 46.2 Å². The number of imidazole rings is 1. The second kappa shape index (κ2) is 7.35. The number of nitrogens with zero attached hydrogens (tertiary/aromatic N) is 5. The molecular formula is C17H26N6O3. The summed E-state index contributed by atoms with van der Waals surface area (Å²) in [6, 6.07) is 0. The fourth-order valence-corrected chi connectivity index (χ4v) is 3.43. The van der Waals surface area contributed by atoms with E-state index >= 15 is 0 Å². The van der Waals surface area contributed by atoms with Crippen molar-refractivity contribution in [2.24, 2.45) is 7.05 Å². The van der Waals surface area contributed by atoms with Gasteiger partial charge < -0.3 is 14.4 Å². The standard InChI is InChI=1S/C17H26N6O3/c1-4-6-12(24)21-8-10-22(11-9-21)16-18-14-13(23(16)7-5-2)15(25)19-17(26)20(14)3/h4-11H2,1-3H3,(H,19,25,26). The number of H-pyrrole nitrogens is 1. The lowest BCUT2D eigenvalue weighted by molar-refractivity contribution is -0.131. The molecule has 1 amide bonds. The number of hydrogen-bond donors (Lipinski definition) is 1. The van der Waals surface area contributed by atoms with Crippen molar-refractivity contribution < 1.29 is 4.79 Å². The third-order valence-corrected chi connectivity index (χ3v) is 4.81. The van der Waals surface area contributed by atoms with E-state index in [2.05, 4.69) is 14.9 Å². The van der Waals surface area contributed by atoms with E-state index in [1.54, 1.807) is 7.05 Å². The van der Waals surface area contributed by atoms with Crippen molar-refractivity contribution in [3.63, 3.8) is 0 Å². The summed E-state index contributed by atoms with van der Waals surface area (Å²) in [5, 5.41) is 0. The Kier molecular flexibility index (Phi) is 5.15. The maximum absolute atomic E-state index is 12.4. The van der Waals surface area contributed by atoms with Crippen LogP contribution in [-0.4, -0.2) is 56.1 Å². The molecule has 26 heavy (non-hydrogen) atoms.